The number of halogens is 1. The van der Waals surface area contributed by atoms with E-state index in [1.165, 1.54) is 0 Å². The van der Waals surface area contributed by atoms with Gasteiger partial charge in [-0.25, -0.2) is 0 Å². The molecule has 0 aliphatic rings. The van der Waals surface area contributed by atoms with Crippen molar-refractivity contribution in [2.75, 3.05) is 17.2 Å². The summed E-state index contributed by atoms with van der Waals surface area (Å²) < 4.78 is 0.990. The molecule has 0 saturated carbocycles. The molecule has 0 aliphatic carbocycles. The fraction of sp³-hybridized carbons (Fsp3) is 0.133. The largest absolute Gasteiger partial charge is 0.376 e. The fourth-order valence-corrected chi connectivity index (χ4v) is 2.05. The van der Waals surface area contributed by atoms with Gasteiger partial charge in [-0.2, -0.15) is 0 Å². The van der Waals surface area contributed by atoms with Crippen molar-refractivity contribution < 1.29 is 4.79 Å². The molecular weight excluding hydrogens is 304 g/mol. The van der Waals surface area contributed by atoms with Crippen LogP contribution in [0.1, 0.15) is 5.56 Å². The van der Waals surface area contributed by atoms with E-state index < -0.39 is 0 Å². The van der Waals surface area contributed by atoms with Crippen LogP contribution >= 0.6 is 15.9 Å². The molecule has 0 fully saturated rings. The predicted octanol–water partition coefficient (Wildman–Crippen LogP) is 3.81. The fourth-order valence-electron chi connectivity index (χ4n) is 1.69. The number of carbonyl (C=O) groups excluding carboxylic acids is 1. The average Bonchev–Trinajstić information content (AvgIpc) is 2.41. The Labute approximate surface area is 121 Å². The molecule has 0 aromatic heterocycles. The number of nitrogens with one attached hydrogen (secondary N) is 2. The zero-order chi connectivity index (χ0) is 13.7. The van der Waals surface area contributed by atoms with Crippen LogP contribution in [-0.4, -0.2) is 12.5 Å². The molecule has 2 rings (SSSR count). The van der Waals surface area contributed by atoms with Crippen molar-refractivity contribution in [3.8, 4) is 0 Å². The van der Waals surface area contributed by atoms with E-state index in [9.17, 15) is 4.79 Å². The molecule has 0 bridgehead atoms. The molecule has 0 spiro atoms. The smallest absolute Gasteiger partial charge is 0.243 e. The molecule has 0 unspecified atom stereocenters. The standard InChI is InChI=1S/C15H15BrN2O/c1-11-7-8-12(16)9-14(11)17-10-15(19)18-13-5-3-2-4-6-13/h2-9,17H,10H2,1H3,(H,18,19). The molecule has 2 N–H and O–H groups in total. The van der Waals surface area contributed by atoms with E-state index in [0.717, 1.165) is 21.4 Å². The third kappa shape index (κ3) is 4.10. The molecule has 2 aromatic rings. The van der Waals surface area contributed by atoms with Crippen molar-refractivity contribution in [1.29, 1.82) is 0 Å². The van der Waals surface area contributed by atoms with Crippen LogP contribution < -0.4 is 10.6 Å². The van der Waals surface area contributed by atoms with Gasteiger partial charge in [0.1, 0.15) is 0 Å². The predicted molar refractivity (Wildman–Crippen MR) is 82.4 cm³/mol. The second-order valence-electron chi connectivity index (χ2n) is 4.23. The highest BCUT2D eigenvalue weighted by Gasteiger charge is 2.04. The Bertz CT molecular complexity index is 570. The Morgan fingerprint density at radius 3 is 2.63 bits per heavy atom. The molecular formula is C15H15BrN2O. The summed E-state index contributed by atoms with van der Waals surface area (Å²) >= 11 is 3.42. The molecule has 0 saturated heterocycles. The normalized spacial score (nSPS) is 10.0. The maximum Gasteiger partial charge on any atom is 0.243 e. The maximum atomic E-state index is 11.8. The van der Waals surface area contributed by atoms with Crippen LogP contribution in [0.25, 0.3) is 0 Å². The van der Waals surface area contributed by atoms with E-state index in [4.69, 9.17) is 0 Å². The molecule has 0 radical (unpaired) electrons. The summed E-state index contributed by atoms with van der Waals surface area (Å²) in [6.45, 7) is 2.25. The van der Waals surface area contributed by atoms with Crippen molar-refractivity contribution >= 4 is 33.2 Å². The monoisotopic (exact) mass is 318 g/mol. The number of amides is 1. The van der Waals surface area contributed by atoms with Gasteiger partial charge in [0.25, 0.3) is 0 Å². The second-order valence-corrected chi connectivity index (χ2v) is 5.14. The maximum absolute atomic E-state index is 11.8. The van der Waals surface area contributed by atoms with E-state index in [-0.39, 0.29) is 12.5 Å². The molecule has 0 atom stereocenters. The Kier molecular flexibility index (Phi) is 4.58. The minimum atomic E-state index is -0.0643. The van der Waals surface area contributed by atoms with Crippen molar-refractivity contribution in [2.24, 2.45) is 0 Å². The first kappa shape index (κ1) is 13.6. The minimum absolute atomic E-state index is 0.0643. The van der Waals surface area contributed by atoms with Crippen LogP contribution in [0.5, 0.6) is 0 Å². The topological polar surface area (TPSA) is 41.1 Å². The van der Waals surface area contributed by atoms with Gasteiger partial charge in [-0.1, -0.05) is 40.2 Å². The summed E-state index contributed by atoms with van der Waals surface area (Å²) in [6.07, 6.45) is 0. The van der Waals surface area contributed by atoms with E-state index in [0.29, 0.717) is 0 Å². The highest BCUT2D eigenvalue weighted by Crippen LogP contribution is 2.20. The van der Waals surface area contributed by atoms with E-state index >= 15 is 0 Å². The number of carbonyl (C=O) groups is 1. The first-order chi connectivity index (χ1) is 9.15. The van der Waals surface area contributed by atoms with Crippen LogP contribution in [0.15, 0.2) is 53.0 Å². The van der Waals surface area contributed by atoms with Gasteiger partial charge in [-0.15, -0.1) is 0 Å². The van der Waals surface area contributed by atoms with Crippen LogP contribution in [0.3, 0.4) is 0 Å². The molecule has 98 valence electrons. The van der Waals surface area contributed by atoms with Gasteiger partial charge in [0.15, 0.2) is 0 Å². The first-order valence-corrected chi connectivity index (χ1v) is 6.79. The Morgan fingerprint density at radius 1 is 1.16 bits per heavy atom. The first-order valence-electron chi connectivity index (χ1n) is 6.00. The highest BCUT2D eigenvalue weighted by molar-refractivity contribution is 9.10. The average molecular weight is 319 g/mol. The second kappa shape index (κ2) is 6.38. The van der Waals surface area contributed by atoms with Crippen LogP contribution in [-0.2, 0) is 4.79 Å². The van der Waals surface area contributed by atoms with Gasteiger partial charge in [-0.05, 0) is 36.8 Å². The van der Waals surface area contributed by atoms with E-state index in [2.05, 4.69) is 26.6 Å². The van der Waals surface area contributed by atoms with Crippen LogP contribution in [0.4, 0.5) is 11.4 Å². The molecule has 2 aromatic carbocycles. The van der Waals surface area contributed by atoms with Gasteiger partial charge in [0, 0.05) is 15.8 Å². The number of anilines is 2. The van der Waals surface area contributed by atoms with Crippen molar-refractivity contribution in [3.63, 3.8) is 0 Å². The molecule has 3 nitrogen and oxygen atoms in total. The Morgan fingerprint density at radius 2 is 1.89 bits per heavy atom. The third-order valence-electron chi connectivity index (χ3n) is 2.70. The third-order valence-corrected chi connectivity index (χ3v) is 3.19. The summed E-state index contributed by atoms with van der Waals surface area (Å²) in [5.41, 5.74) is 2.87. The number of aryl methyl sites for hydroxylation is 1. The van der Waals surface area contributed by atoms with Gasteiger partial charge in [0.2, 0.25) is 5.91 Å². The lowest BCUT2D eigenvalue weighted by molar-refractivity contribution is -0.114. The highest BCUT2D eigenvalue weighted by atomic mass is 79.9. The van der Waals surface area contributed by atoms with Crippen LogP contribution in [0.2, 0.25) is 0 Å². The van der Waals surface area contributed by atoms with Crippen molar-refractivity contribution in [1.82, 2.24) is 0 Å². The number of rotatable bonds is 4. The Balaban J connectivity index is 1.92. The summed E-state index contributed by atoms with van der Waals surface area (Å²) in [5, 5.41) is 5.96. The van der Waals surface area contributed by atoms with E-state index in [1.54, 1.807) is 0 Å². The lowest BCUT2D eigenvalue weighted by atomic mass is 10.2. The summed E-state index contributed by atoms with van der Waals surface area (Å²) in [4.78, 5) is 11.8. The molecule has 4 heteroatoms. The SMILES string of the molecule is Cc1ccc(Br)cc1NCC(=O)Nc1ccccc1. The zero-order valence-electron chi connectivity index (χ0n) is 10.6. The lowest BCUT2D eigenvalue weighted by Gasteiger charge is -2.10. The number of benzene rings is 2. The number of hydrogen-bond acceptors (Lipinski definition) is 2. The number of para-hydroxylation sites is 1. The van der Waals surface area contributed by atoms with Crippen molar-refractivity contribution in [3.05, 3.63) is 58.6 Å². The van der Waals surface area contributed by atoms with E-state index in [1.807, 2.05) is 55.5 Å². The summed E-state index contributed by atoms with van der Waals surface area (Å²) in [5.74, 6) is -0.0643. The van der Waals surface area contributed by atoms with Gasteiger partial charge in [0.05, 0.1) is 6.54 Å². The van der Waals surface area contributed by atoms with Gasteiger partial charge in [-0.3, -0.25) is 4.79 Å². The lowest BCUT2D eigenvalue weighted by Crippen LogP contribution is -2.21. The van der Waals surface area contributed by atoms with Gasteiger partial charge >= 0.3 is 0 Å². The summed E-state index contributed by atoms with van der Waals surface area (Å²) in [7, 11) is 0. The Hall–Kier alpha value is -1.81. The molecule has 0 aliphatic heterocycles. The van der Waals surface area contributed by atoms with Crippen molar-refractivity contribution in [2.45, 2.75) is 6.92 Å². The summed E-state index contributed by atoms with van der Waals surface area (Å²) in [6, 6.07) is 15.4. The molecule has 0 heterocycles. The molecule has 19 heavy (non-hydrogen) atoms. The number of hydrogen-bond donors (Lipinski definition) is 2. The van der Waals surface area contributed by atoms with Crippen LogP contribution in [0, 0.1) is 6.92 Å². The molecule has 1 amide bonds. The quantitative estimate of drug-likeness (QED) is 0.900. The van der Waals surface area contributed by atoms with Gasteiger partial charge < -0.3 is 10.6 Å². The minimum Gasteiger partial charge on any atom is -0.376 e. The zero-order valence-corrected chi connectivity index (χ0v) is 12.2.